The van der Waals surface area contributed by atoms with Gasteiger partial charge in [0.05, 0.1) is 12.2 Å². The van der Waals surface area contributed by atoms with Crippen LogP contribution in [0, 0.1) is 18.7 Å². The number of carboxylic acid groups (broad SMARTS) is 1. The van der Waals surface area contributed by atoms with Crippen molar-refractivity contribution in [1.29, 1.82) is 0 Å². The van der Waals surface area contributed by atoms with Crippen LogP contribution in [-0.2, 0) is 21.2 Å². The van der Waals surface area contributed by atoms with Crippen LogP contribution in [-0.4, -0.2) is 26.0 Å². The molecule has 1 atom stereocenters. The predicted molar refractivity (Wildman–Crippen MR) is 79.9 cm³/mol. The molecule has 2 rings (SSSR count). The van der Waals surface area contributed by atoms with Crippen LogP contribution in [0.15, 0.2) is 46.1 Å². The van der Waals surface area contributed by atoms with Crippen molar-refractivity contribution in [2.75, 3.05) is 6.54 Å². The van der Waals surface area contributed by atoms with E-state index >= 15 is 0 Å². The molecule has 1 aromatic carbocycles. The van der Waals surface area contributed by atoms with Gasteiger partial charge < -0.3 is 9.52 Å². The van der Waals surface area contributed by atoms with Crippen molar-refractivity contribution in [3.8, 4) is 0 Å². The molecule has 0 amide bonds. The fourth-order valence-corrected chi connectivity index (χ4v) is 3.06. The van der Waals surface area contributed by atoms with Gasteiger partial charge in [-0.3, -0.25) is 4.79 Å². The summed E-state index contributed by atoms with van der Waals surface area (Å²) in [5.41, 5.74) is 1.25. The molecule has 0 saturated heterocycles. The van der Waals surface area contributed by atoms with Crippen molar-refractivity contribution in [1.82, 2.24) is 4.72 Å². The van der Waals surface area contributed by atoms with E-state index in [1.807, 2.05) is 0 Å². The number of hydrogen-bond donors (Lipinski definition) is 2. The van der Waals surface area contributed by atoms with Gasteiger partial charge in [-0.05, 0) is 36.6 Å². The second kappa shape index (κ2) is 6.93. The van der Waals surface area contributed by atoms with E-state index in [9.17, 15) is 22.7 Å². The van der Waals surface area contributed by atoms with Crippen molar-refractivity contribution in [2.45, 2.75) is 18.4 Å². The Morgan fingerprint density at radius 2 is 2.00 bits per heavy atom. The Labute approximate surface area is 133 Å². The molecule has 2 aromatic rings. The van der Waals surface area contributed by atoms with E-state index in [0.29, 0.717) is 11.1 Å². The summed E-state index contributed by atoms with van der Waals surface area (Å²) in [6.45, 7) is 1.38. The topological polar surface area (TPSA) is 96.6 Å². The lowest BCUT2D eigenvalue weighted by Gasteiger charge is -2.13. The number of furan rings is 1. The van der Waals surface area contributed by atoms with Gasteiger partial charge in [0.1, 0.15) is 5.82 Å². The highest BCUT2D eigenvalue weighted by Crippen LogP contribution is 2.14. The van der Waals surface area contributed by atoms with Gasteiger partial charge >= 0.3 is 5.97 Å². The molecule has 0 aliphatic rings. The van der Waals surface area contributed by atoms with Gasteiger partial charge in [-0.25, -0.2) is 17.5 Å². The van der Waals surface area contributed by atoms with Crippen LogP contribution in [0.2, 0.25) is 0 Å². The third-order valence-electron chi connectivity index (χ3n) is 3.24. The number of carbonyl (C=O) groups is 1. The molecular weight excluding hydrogens is 325 g/mol. The fraction of sp³-hybridized carbons (Fsp3) is 0.267. The molecule has 0 radical (unpaired) electrons. The maximum atomic E-state index is 12.9. The highest BCUT2D eigenvalue weighted by atomic mass is 32.2. The Morgan fingerprint density at radius 1 is 1.35 bits per heavy atom. The summed E-state index contributed by atoms with van der Waals surface area (Å²) in [6, 6.07) is 6.73. The molecule has 6 nitrogen and oxygen atoms in total. The van der Waals surface area contributed by atoms with Gasteiger partial charge in [0.15, 0.2) is 0 Å². The SMILES string of the molecule is Cc1coc(S(=O)(=O)NCC(Cc2ccc(F)cc2)C(=O)O)c1. The summed E-state index contributed by atoms with van der Waals surface area (Å²) < 4.78 is 44.0. The summed E-state index contributed by atoms with van der Waals surface area (Å²) in [7, 11) is -3.91. The van der Waals surface area contributed by atoms with Gasteiger partial charge in [-0.1, -0.05) is 12.1 Å². The largest absolute Gasteiger partial charge is 0.481 e. The van der Waals surface area contributed by atoms with E-state index in [0.717, 1.165) is 0 Å². The highest BCUT2D eigenvalue weighted by molar-refractivity contribution is 7.89. The third kappa shape index (κ3) is 4.64. The molecule has 8 heteroatoms. The zero-order chi connectivity index (χ0) is 17.0. The summed E-state index contributed by atoms with van der Waals surface area (Å²) in [4.78, 5) is 11.3. The molecule has 23 heavy (non-hydrogen) atoms. The Balaban J connectivity index is 2.05. The van der Waals surface area contributed by atoms with Gasteiger partial charge in [0.25, 0.3) is 10.0 Å². The number of rotatable bonds is 7. The van der Waals surface area contributed by atoms with Gasteiger partial charge in [-0.15, -0.1) is 0 Å². The van der Waals surface area contributed by atoms with Crippen molar-refractivity contribution in [2.24, 2.45) is 5.92 Å². The summed E-state index contributed by atoms with van der Waals surface area (Å²) >= 11 is 0. The average Bonchev–Trinajstić information content (AvgIpc) is 2.92. The lowest BCUT2D eigenvalue weighted by Crippen LogP contribution is -2.34. The molecule has 0 aliphatic carbocycles. The number of halogens is 1. The minimum atomic E-state index is -3.91. The second-order valence-corrected chi connectivity index (χ2v) is 6.86. The third-order valence-corrected chi connectivity index (χ3v) is 4.53. The summed E-state index contributed by atoms with van der Waals surface area (Å²) in [6.07, 6.45) is 1.37. The van der Waals surface area contributed by atoms with Crippen LogP contribution in [0.5, 0.6) is 0 Å². The molecule has 2 N–H and O–H groups in total. The maximum absolute atomic E-state index is 12.9. The number of sulfonamides is 1. The average molecular weight is 341 g/mol. The molecule has 0 aliphatic heterocycles. The second-order valence-electron chi connectivity index (χ2n) is 5.16. The minimum Gasteiger partial charge on any atom is -0.481 e. The van der Waals surface area contributed by atoms with E-state index in [1.165, 1.54) is 36.6 Å². The van der Waals surface area contributed by atoms with Gasteiger partial charge in [-0.2, -0.15) is 0 Å². The van der Waals surface area contributed by atoms with Crippen LogP contribution in [0.4, 0.5) is 4.39 Å². The molecule has 0 fully saturated rings. The molecule has 1 unspecified atom stereocenters. The first-order valence-corrected chi connectivity index (χ1v) is 8.28. The van der Waals surface area contributed by atoms with Gasteiger partial charge in [0, 0.05) is 12.6 Å². The van der Waals surface area contributed by atoms with Crippen molar-refractivity contribution in [3.63, 3.8) is 0 Å². The van der Waals surface area contributed by atoms with Crippen molar-refractivity contribution >= 4 is 16.0 Å². The molecule has 0 bridgehead atoms. The van der Waals surface area contributed by atoms with E-state index < -0.39 is 27.7 Å². The molecule has 1 aromatic heterocycles. The molecular formula is C15H16FNO5S. The first-order valence-electron chi connectivity index (χ1n) is 6.80. The molecule has 1 heterocycles. The molecule has 0 saturated carbocycles. The molecule has 0 spiro atoms. The Bertz CT molecular complexity index is 782. The van der Waals surface area contributed by atoms with Crippen LogP contribution in [0.1, 0.15) is 11.1 Å². The zero-order valence-corrected chi connectivity index (χ0v) is 13.1. The monoisotopic (exact) mass is 341 g/mol. The number of benzene rings is 1. The molecule has 124 valence electrons. The number of hydrogen-bond acceptors (Lipinski definition) is 4. The van der Waals surface area contributed by atoms with Gasteiger partial charge in [0.2, 0.25) is 5.09 Å². The lowest BCUT2D eigenvalue weighted by molar-refractivity contribution is -0.141. The number of aryl methyl sites for hydroxylation is 1. The smallest absolute Gasteiger partial charge is 0.308 e. The van der Waals surface area contributed by atoms with Crippen LogP contribution < -0.4 is 4.72 Å². The number of aliphatic carboxylic acids is 1. The standard InChI is InChI=1S/C15H16FNO5S/c1-10-6-14(22-9-10)23(20,21)17-8-12(15(18)19)7-11-2-4-13(16)5-3-11/h2-6,9,12,17H,7-8H2,1H3,(H,18,19). The fourth-order valence-electron chi connectivity index (χ4n) is 1.98. The van der Waals surface area contributed by atoms with E-state index in [4.69, 9.17) is 4.42 Å². The van der Waals surface area contributed by atoms with Crippen LogP contribution in [0.25, 0.3) is 0 Å². The highest BCUT2D eigenvalue weighted by Gasteiger charge is 2.24. The quantitative estimate of drug-likeness (QED) is 0.802. The van der Waals surface area contributed by atoms with Crippen LogP contribution >= 0.6 is 0 Å². The van der Waals surface area contributed by atoms with E-state index in [-0.39, 0.29) is 18.1 Å². The Kier molecular flexibility index (Phi) is 5.17. The van der Waals surface area contributed by atoms with Crippen LogP contribution in [0.3, 0.4) is 0 Å². The predicted octanol–water partition coefficient (Wildman–Crippen LogP) is 1.95. The van der Waals surface area contributed by atoms with E-state index in [1.54, 1.807) is 6.92 Å². The minimum absolute atomic E-state index is 0.0787. The Morgan fingerprint density at radius 3 is 2.52 bits per heavy atom. The summed E-state index contributed by atoms with van der Waals surface area (Å²) in [5.74, 6) is -2.55. The Hall–Kier alpha value is -2.19. The lowest BCUT2D eigenvalue weighted by atomic mass is 10.00. The number of nitrogens with one attached hydrogen (secondary N) is 1. The summed E-state index contributed by atoms with van der Waals surface area (Å²) in [5, 5.41) is 8.97. The van der Waals surface area contributed by atoms with E-state index in [2.05, 4.69) is 4.72 Å². The van der Waals surface area contributed by atoms with Crippen molar-refractivity contribution < 1.29 is 27.1 Å². The zero-order valence-electron chi connectivity index (χ0n) is 12.3. The maximum Gasteiger partial charge on any atom is 0.308 e. The first-order chi connectivity index (χ1) is 10.8. The normalized spacial score (nSPS) is 13.0. The van der Waals surface area contributed by atoms with Crippen molar-refractivity contribution in [3.05, 3.63) is 53.5 Å². The number of carboxylic acids is 1. The first kappa shape index (κ1) is 17.2.